The molecular weight excluding hydrogens is 438 g/mol. The summed E-state index contributed by atoms with van der Waals surface area (Å²) in [6.07, 6.45) is 0.135. The maximum absolute atomic E-state index is 12.2. The van der Waals surface area contributed by atoms with Crippen LogP contribution >= 0.6 is 15.9 Å². The molecule has 0 saturated heterocycles. The molecule has 0 heterocycles. The number of aliphatic hydroxyl groups is 1. The minimum Gasteiger partial charge on any atom is -0.469 e. The van der Waals surface area contributed by atoms with Gasteiger partial charge >= 0.3 is 12.1 Å². The van der Waals surface area contributed by atoms with E-state index in [9.17, 15) is 14.7 Å². The van der Waals surface area contributed by atoms with Gasteiger partial charge in [0.1, 0.15) is 5.60 Å². The molecule has 29 heavy (non-hydrogen) atoms. The summed E-state index contributed by atoms with van der Waals surface area (Å²) >= 11 is 3.40. The predicted molar refractivity (Wildman–Crippen MR) is 113 cm³/mol. The zero-order valence-electron chi connectivity index (χ0n) is 16.6. The minimum atomic E-state index is -1.45. The van der Waals surface area contributed by atoms with E-state index in [0.29, 0.717) is 18.5 Å². The number of halogens is 1. The van der Waals surface area contributed by atoms with Crippen molar-refractivity contribution in [3.63, 3.8) is 0 Å². The number of nitrogens with zero attached hydrogens (tertiary/aromatic N) is 1. The number of amides is 1. The summed E-state index contributed by atoms with van der Waals surface area (Å²) in [6, 6.07) is 16.8. The van der Waals surface area contributed by atoms with Crippen LogP contribution in [0.4, 0.5) is 4.79 Å². The second-order valence-electron chi connectivity index (χ2n) is 6.73. The van der Waals surface area contributed by atoms with Gasteiger partial charge in [-0.3, -0.25) is 4.79 Å². The Labute approximate surface area is 179 Å². The third-order valence-corrected chi connectivity index (χ3v) is 5.32. The standard InChI is InChI=1S/C22H26BrNO5/c1-28-20(25)16-22(27,18-6-4-3-5-7-18)13-15-24(21(26)29-2)14-12-17-8-10-19(23)11-9-17/h3-11,27H,12-16H2,1-2H3. The van der Waals surface area contributed by atoms with Gasteiger partial charge in [-0.2, -0.15) is 0 Å². The van der Waals surface area contributed by atoms with Crippen LogP contribution in [0.1, 0.15) is 24.0 Å². The molecule has 7 heteroatoms. The normalized spacial score (nSPS) is 12.7. The molecule has 0 saturated carbocycles. The lowest BCUT2D eigenvalue weighted by Gasteiger charge is -2.31. The molecule has 1 N–H and O–H groups in total. The summed E-state index contributed by atoms with van der Waals surface area (Å²) in [5, 5.41) is 11.2. The molecule has 2 rings (SSSR count). The van der Waals surface area contributed by atoms with E-state index >= 15 is 0 Å². The van der Waals surface area contributed by atoms with E-state index in [1.54, 1.807) is 24.3 Å². The maximum atomic E-state index is 12.2. The van der Waals surface area contributed by atoms with Gasteiger partial charge in [0.2, 0.25) is 0 Å². The van der Waals surface area contributed by atoms with Crippen LogP contribution in [0.5, 0.6) is 0 Å². The van der Waals surface area contributed by atoms with E-state index in [2.05, 4.69) is 15.9 Å². The van der Waals surface area contributed by atoms with Gasteiger partial charge < -0.3 is 19.5 Å². The van der Waals surface area contributed by atoms with E-state index < -0.39 is 17.7 Å². The molecule has 2 aromatic carbocycles. The fourth-order valence-electron chi connectivity index (χ4n) is 3.05. The highest BCUT2D eigenvalue weighted by atomic mass is 79.9. The van der Waals surface area contributed by atoms with Gasteiger partial charge in [0, 0.05) is 17.6 Å². The third kappa shape index (κ3) is 6.87. The topological polar surface area (TPSA) is 76.1 Å². The number of carbonyl (C=O) groups is 2. The smallest absolute Gasteiger partial charge is 0.409 e. The van der Waals surface area contributed by atoms with Gasteiger partial charge in [-0.25, -0.2) is 4.79 Å². The average Bonchev–Trinajstić information content (AvgIpc) is 2.75. The Kier molecular flexibility index (Phi) is 8.67. The van der Waals surface area contributed by atoms with Crippen LogP contribution in [-0.4, -0.2) is 49.4 Å². The van der Waals surface area contributed by atoms with Gasteiger partial charge in [-0.1, -0.05) is 58.4 Å². The second kappa shape index (κ2) is 11.0. The fraction of sp³-hybridized carbons (Fsp3) is 0.364. The summed E-state index contributed by atoms with van der Waals surface area (Å²) in [7, 11) is 2.61. The molecule has 1 unspecified atom stereocenters. The summed E-state index contributed by atoms with van der Waals surface area (Å²) < 4.78 is 10.6. The van der Waals surface area contributed by atoms with E-state index in [1.807, 2.05) is 30.3 Å². The van der Waals surface area contributed by atoms with Crippen molar-refractivity contribution in [2.45, 2.75) is 24.9 Å². The van der Waals surface area contributed by atoms with Crippen molar-refractivity contribution < 1.29 is 24.2 Å². The summed E-state index contributed by atoms with van der Waals surface area (Å²) in [5.41, 5.74) is 0.233. The van der Waals surface area contributed by atoms with E-state index in [1.165, 1.54) is 19.1 Å². The second-order valence-corrected chi connectivity index (χ2v) is 7.65. The zero-order valence-corrected chi connectivity index (χ0v) is 18.2. The molecule has 0 bridgehead atoms. The van der Waals surface area contributed by atoms with Crippen LogP contribution in [0.3, 0.4) is 0 Å². The molecule has 156 valence electrons. The van der Waals surface area contributed by atoms with Crippen molar-refractivity contribution in [1.29, 1.82) is 0 Å². The lowest BCUT2D eigenvalue weighted by Crippen LogP contribution is -2.39. The number of esters is 1. The van der Waals surface area contributed by atoms with Crippen LogP contribution < -0.4 is 0 Å². The SMILES string of the molecule is COC(=O)CC(O)(CCN(CCc1ccc(Br)cc1)C(=O)OC)c1ccccc1. The quantitative estimate of drug-likeness (QED) is 0.570. The molecule has 2 aromatic rings. The Hall–Kier alpha value is -2.38. The Morgan fingerprint density at radius 1 is 1.00 bits per heavy atom. The first kappa shape index (κ1) is 22.9. The largest absolute Gasteiger partial charge is 0.469 e. The number of hydrogen-bond donors (Lipinski definition) is 1. The average molecular weight is 464 g/mol. The number of carbonyl (C=O) groups excluding carboxylic acids is 2. The van der Waals surface area contributed by atoms with Crippen molar-refractivity contribution in [3.05, 3.63) is 70.2 Å². The molecule has 0 aliphatic carbocycles. The number of benzene rings is 2. The van der Waals surface area contributed by atoms with Gasteiger partial charge in [0.15, 0.2) is 0 Å². The fourth-order valence-corrected chi connectivity index (χ4v) is 3.32. The van der Waals surface area contributed by atoms with E-state index in [4.69, 9.17) is 9.47 Å². The molecular formula is C22H26BrNO5. The highest BCUT2D eigenvalue weighted by molar-refractivity contribution is 9.10. The van der Waals surface area contributed by atoms with Crippen LogP contribution in [-0.2, 0) is 26.3 Å². The first-order valence-corrected chi connectivity index (χ1v) is 10.1. The Balaban J connectivity index is 2.11. The maximum Gasteiger partial charge on any atom is 0.409 e. The highest BCUT2D eigenvalue weighted by Gasteiger charge is 2.33. The molecule has 0 aromatic heterocycles. The lowest BCUT2D eigenvalue weighted by atomic mass is 9.87. The monoisotopic (exact) mass is 463 g/mol. The van der Waals surface area contributed by atoms with Gasteiger partial charge in [0.05, 0.1) is 20.6 Å². The summed E-state index contributed by atoms with van der Waals surface area (Å²) in [4.78, 5) is 25.7. The number of rotatable bonds is 9. The number of ether oxygens (including phenoxy) is 2. The number of methoxy groups -OCH3 is 2. The van der Waals surface area contributed by atoms with Gasteiger partial charge in [-0.15, -0.1) is 0 Å². The van der Waals surface area contributed by atoms with Crippen LogP contribution in [0.15, 0.2) is 59.1 Å². The molecule has 1 atom stereocenters. The molecule has 0 fully saturated rings. The van der Waals surface area contributed by atoms with Crippen LogP contribution in [0.2, 0.25) is 0 Å². The Morgan fingerprint density at radius 3 is 2.24 bits per heavy atom. The van der Waals surface area contributed by atoms with Crippen molar-refractivity contribution >= 4 is 28.0 Å². The van der Waals surface area contributed by atoms with Crippen molar-refractivity contribution in [2.24, 2.45) is 0 Å². The lowest BCUT2D eigenvalue weighted by molar-refractivity contribution is -0.147. The minimum absolute atomic E-state index is 0.168. The summed E-state index contributed by atoms with van der Waals surface area (Å²) in [5.74, 6) is -0.518. The van der Waals surface area contributed by atoms with Crippen LogP contribution in [0, 0.1) is 0 Å². The zero-order chi connectivity index (χ0) is 21.3. The van der Waals surface area contributed by atoms with Crippen molar-refractivity contribution in [1.82, 2.24) is 4.90 Å². The third-order valence-electron chi connectivity index (χ3n) is 4.79. The first-order valence-electron chi connectivity index (χ1n) is 9.30. The molecule has 6 nitrogen and oxygen atoms in total. The van der Waals surface area contributed by atoms with Crippen molar-refractivity contribution in [2.75, 3.05) is 27.3 Å². The molecule has 0 radical (unpaired) electrons. The van der Waals surface area contributed by atoms with Crippen LogP contribution in [0.25, 0.3) is 0 Å². The molecule has 0 aliphatic rings. The molecule has 0 spiro atoms. The molecule has 0 aliphatic heterocycles. The Morgan fingerprint density at radius 2 is 1.66 bits per heavy atom. The molecule has 1 amide bonds. The number of hydrogen-bond acceptors (Lipinski definition) is 5. The van der Waals surface area contributed by atoms with E-state index in [0.717, 1.165) is 10.0 Å². The highest BCUT2D eigenvalue weighted by Crippen LogP contribution is 2.30. The van der Waals surface area contributed by atoms with E-state index in [-0.39, 0.29) is 19.4 Å². The summed E-state index contributed by atoms with van der Waals surface area (Å²) in [6.45, 7) is 0.656. The van der Waals surface area contributed by atoms with Crippen molar-refractivity contribution in [3.8, 4) is 0 Å². The predicted octanol–water partition coefficient (Wildman–Crippen LogP) is 3.90. The van der Waals surface area contributed by atoms with Gasteiger partial charge in [0.25, 0.3) is 0 Å². The Bertz CT molecular complexity index is 797. The van der Waals surface area contributed by atoms with Gasteiger partial charge in [-0.05, 0) is 36.1 Å². The first-order chi connectivity index (χ1) is 13.9.